The van der Waals surface area contributed by atoms with Crippen molar-refractivity contribution in [1.82, 2.24) is 5.32 Å². The largest absolute Gasteiger partial charge is 0.356 e. The quantitative estimate of drug-likeness (QED) is 0.599. The minimum Gasteiger partial charge on any atom is -0.290 e. The van der Waals surface area contributed by atoms with Crippen LogP contribution >= 0.6 is 23.2 Å². The Bertz CT molecular complexity index is 564. The maximum Gasteiger partial charge on any atom is 0.356 e. The number of benzene rings is 1. The Morgan fingerprint density at radius 3 is 2.65 bits per heavy atom. The van der Waals surface area contributed by atoms with Crippen LogP contribution in [0.3, 0.4) is 0 Å². The molecule has 0 aromatic heterocycles. The molecule has 0 bridgehead atoms. The van der Waals surface area contributed by atoms with Crippen LogP contribution in [0.4, 0.5) is 0 Å². The van der Waals surface area contributed by atoms with E-state index < -0.39 is 0 Å². The number of carbonyl (C=O) groups is 1. The van der Waals surface area contributed by atoms with Crippen LogP contribution in [0.2, 0.25) is 10.0 Å². The van der Waals surface area contributed by atoms with E-state index in [4.69, 9.17) is 28.9 Å². The van der Waals surface area contributed by atoms with Crippen LogP contribution in [0.15, 0.2) is 23.9 Å². The first-order valence-corrected chi connectivity index (χ1v) is 5.59. The van der Waals surface area contributed by atoms with Crippen LogP contribution in [-0.4, -0.2) is 23.5 Å². The van der Waals surface area contributed by atoms with Gasteiger partial charge in [-0.1, -0.05) is 29.3 Å². The van der Waals surface area contributed by atoms with Crippen LogP contribution in [0.5, 0.6) is 0 Å². The third kappa shape index (κ3) is 2.28. The highest BCUT2D eigenvalue weighted by atomic mass is 35.5. The van der Waals surface area contributed by atoms with E-state index in [1.54, 1.807) is 35.9 Å². The number of nitrogens with zero attached hydrogens (tertiary/aromatic N) is 1. The zero-order valence-corrected chi connectivity index (χ0v) is 10.5. The molecule has 0 saturated heterocycles. The van der Waals surface area contributed by atoms with Crippen molar-refractivity contribution in [1.29, 1.82) is 0 Å². The molecule has 0 unspecified atom stereocenters. The molecular weight excluding hydrogens is 261 g/mol. The summed E-state index contributed by atoms with van der Waals surface area (Å²) in [5.41, 5.74) is 6.74. The highest BCUT2D eigenvalue weighted by molar-refractivity contribution is 6.35. The van der Waals surface area contributed by atoms with Gasteiger partial charge in [0.2, 0.25) is 0 Å². The predicted molar refractivity (Wildman–Crippen MR) is 68.0 cm³/mol. The summed E-state index contributed by atoms with van der Waals surface area (Å²) >= 11 is 11.8. The number of guanidine groups is 1. The Morgan fingerprint density at radius 2 is 2.12 bits per heavy atom. The summed E-state index contributed by atoms with van der Waals surface area (Å²) in [6, 6.07) is 5.07. The van der Waals surface area contributed by atoms with Crippen molar-refractivity contribution in [2.24, 2.45) is 5.73 Å². The molecule has 3 N–H and O–H groups in total. The van der Waals surface area contributed by atoms with Gasteiger partial charge in [-0.05, 0) is 23.8 Å². The molecule has 1 aliphatic rings. The van der Waals surface area contributed by atoms with E-state index >= 15 is 0 Å². The molecule has 0 radical (unpaired) electrons. The molecule has 1 amide bonds. The van der Waals surface area contributed by atoms with Crippen LogP contribution < -0.4 is 11.1 Å². The Balaban J connectivity index is 2.46. The number of hydrogen-bond donors (Lipinski definition) is 2. The fourth-order valence-corrected chi connectivity index (χ4v) is 1.94. The highest BCUT2D eigenvalue weighted by Crippen LogP contribution is 2.23. The number of nitrogens with two attached hydrogens (primary N) is 1. The van der Waals surface area contributed by atoms with Crippen molar-refractivity contribution in [3.63, 3.8) is 0 Å². The fraction of sp³-hybridized carbons (Fsp3) is 0.0909. The average molecular weight is 271 g/mol. The second-order valence-electron chi connectivity index (χ2n) is 3.59. The van der Waals surface area contributed by atoms with E-state index in [-0.39, 0.29) is 5.91 Å². The van der Waals surface area contributed by atoms with Crippen molar-refractivity contribution in [2.75, 3.05) is 7.05 Å². The summed E-state index contributed by atoms with van der Waals surface area (Å²) in [6.45, 7) is 0. The number of nitrogens with one attached hydrogen (secondary N) is 1. The zero-order chi connectivity index (χ0) is 12.6. The molecule has 88 valence electrons. The highest BCUT2D eigenvalue weighted by Gasteiger charge is 2.29. The molecule has 17 heavy (non-hydrogen) atoms. The van der Waals surface area contributed by atoms with Crippen molar-refractivity contribution in [3.05, 3.63) is 39.5 Å². The van der Waals surface area contributed by atoms with Gasteiger partial charge in [0.05, 0.1) is 7.05 Å². The summed E-state index contributed by atoms with van der Waals surface area (Å²) in [5.74, 6) is 0.0438. The summed E-state index contributed by atoms with van der Waals surface area (Å²) in [4.78, 5) is 11.6. The van der Waals surface area contributed by atoms with Gasteiger partial charge in [0.1, 0.15) is 0 Å². The SMILES string of the molecule is C[N+]1=C(N)NC(=O)C1=Cc1ccc(Cl)cc1Cl. The van der Waals surface area contributed by atoms with Gasteiger partial charge in [-0.2, -0.15) is 0 Å². The Morgan fingerprint density at radius 1 is 1.41 bits per heavy atom. The van der Waals surface area contributed by atoms with Gasteiger partial charge in [0.15, 0.2) is 5.70 Å². The normalized spacial score (nSPS) is 17.8. The number of hydrogen-bond acceptors (Lipinski definition) is 2. The molecular formula is C11H10Cl2N3O+. The minimum absolute atomic E-state index is 0.254. The van der Waals surface area contributed by atoms with Crippen molar-refractivity contribution in [3.8, 4) is 0 Å². The maximum absolute atomic E-state index is 11.6. The Kier molecular flexibility index (Phi) is 3.09. The van der Waals surface area contributed by atoms with Crippen LogP contribution in [-0.2, 0) is 4.79 Å². The smallest absolute Gasteiger partial charge is 0.290 e. The summed E-state index contributed by atoms with van der Waals surface area (Å²) < 4.78 is 1.56. The summed E-state index contributed by atoms with van der Waals surface area (Å²) in [7, 11) is 1.70. The van der Waals surface area contributed by atoms with Gasteiger partial charge in [0.25, 0.3) is 0 Å². The van der Waals surface area contributed by atoms with Crippen LogP contribution in [0, 0.1) is 0 Å². The molecule has 0 saturated carbocycles. The molecule has 1 aromatic rings. The van der Waals surface area contributed by atoms with Crippen molar-refractivity contribution >= 4 is 41.1 Å². The molecule has 0 spiro atoms. The van der Waals surface area contributed by atoms with Crippen LogP contribution in [0.25, 0.3) is 6.08 Å². The molecule has 2 rings (SSSR count). The molecule has 1 aromatic carbocycles. The van der Waals surface area contributed by atoms with Gasteiger partial charge in [-0.3, -0.25) is 5.73 Å². The summed E-state index contributed by atoms with van der Waals surface area (Å²) in [6.07, 6.45) is 1.66. The minimum atomic E-state index is -0.254. The van der Waals surface area contributed by atoms with E-state index in [0.717, 1.165) is 0 Å². The molecule has 4 nitrogen and oxygen atoms in total. The van der Waals surface area contributed by atoms with Crippen molar-refractivity contribution in [2.45, 2.75) is 0 Å². The number of rotatable bonds is 1. The molecule has 6 heteroatoms. The molecule has 1 heterocycles. The first kappa shape index (κ1) is 12.0. The zero-order valence-electron chi connectivity index (χ0n) is 9.00. The van der Waals surface area contributed by atoms with E-state index in [1.807, 2.05) is 0 Å². The molecule has 0 aliphatic carbocycles. The number of halogens is 2. The summed E-state index contributed by atoms with van der Waals surface area (Å²) in [5, 5.41) is 3.54. The van der Waals surface area contributed by atoms with E-state index in [9.17, 15) is 4.79 Å². The maximum atomic E-state index is 11.6. The van der Waals surface area contributed by atoms with Crippen LogP contribution in [0.1, 0.15) is 5.56 Å². The Labute approximate surface area is 108 Å². The molecule has 1 aliphatic heterocycles. The van der Waals surface area contributed by atoms with E-state index in [1.165, 1.54) is 0 Å². The number of amides is 1. The lowest BCUT2D eigenvalue weighted by Crippen LogP contribution is -2.32. The Hall–Kier alpha value is -1.52. The van der Waals surface area contributed by atoms with Gasteiger partial charge in [0, 0.05) is 10.0 Å². The number of likely N-dealkylation sites (N-methyl/N-ethyl adjacent to an activating group) is 1. The topological polar surface area (TPSA) is 58.1 Å². The lowest BCUT2D eigenvalue weighted by atomic mass is 10.2. The van der Waals surface area contributed by atoms with E-state index in [0.29, 0.717) is 27.3 Å². The van der Waals surface area contributed by atoms with Gasteiger partial charge in [-0.25, -0.2) is 14.7 Å². The average Bonchev–Trinajstić information content (AvgIpc) is 2.48. The van der Waals surface area contributed by atoms with Gasteiger partial charge in [-0.15, -0.1) is 0 Å². The lowest BCUT2D eigenvalue weighted by Gasteiger charge is -2.00. The second kappa shape index (κ2) is 4.39. The van der Waals surface area contributed by atoms with Gasteiger partial charge < -0.3 is 0 Å². The predicted octanol–water partition coefficient (Wildman–Crippen LogP) is 1.42. The third-order valence-corrected chi connectivity index (χ3v) is 3.01. The first-order chi connectivity index (χ1) is 7.99. The molecule has 0 fully saturated rings. The number of carbonyl (C=O) groups excluding carboxylic acids is 1. The second-order valence-corrected chi connectivity index (χ2v) is 4.44. The third-order valence-electron chi connectivity index (χ3n) is 2.45. The molecule has 0 atom stereocenters. The first-order valence-electron chi connectivity index (χ1n) is 4.83. The lowest BCUT2D eigenvalue weighted by molar-refractivity contribution is -0.432. The fourth-order valence-electron chi connectivity index (χ4n) is 1.47. The van der Waals surface area contributed by atoms with E-state index in [2.05, 4.69) is 5.32 Å². The monoisotopic (exact) mass is 270 g/mol. The van der Waals surface area contributed by atoms with Crippen molar-refractivity contribution < 1.29 is 9.37 Å². The standard InChI is InChI=1S/C11H9Cl2N3O/c1-16-9(10(17)15-11(16)14)4-6-2-3-7(12)5-8(6)13/h2-5H,1H3,(H2,14,15,17)/p+1. The van der Waals surface area contributed by atoms with Gasteiger partial charge >= 0.3 is 11.9 Å².